The van der Waals surface area contributed by atoms with E-state index in [-0.39, 0.29) is 0 Å². The fourth-order valence-electron chi connectivity index (χ4n) is 4.45. The molecular formula is C21H23N2O+. The van der Waals surface area contributed by atoms with E-state index in [1.54, 1.807) is 11.3 Å². The first kappa shape index (κ1) is 14.1. The minimum atomic E-state index is 0.631. The molecule has 3 aromatic rings. The molecule has 3 nitrogen and oxygen atoms in total. The number of nitrogens with zero attached hydrogens (tertiary/aromatic N) is 1. The van der Waals surface area contributed by atoms with Gasteiger partial charge in [-0.1, -0.05) is 30.3 Å². The van der Waals surface area contributed by atoms with Gasteiger partial charge in [-0.3, -0.25) is 0 Å². The highest BCUT2D eigenvalue weighted by molar-refractivity contribution is 5.87. The Morgan fingerprint density at radius 3 is 2.96 bits per heavy atom. The van der Waals surface area contributed by atoms with Crippen molar-refractivity contribution >= 4 is 10.9 Å². The van der Waals surface area contributed by atoms with E-state index in [1.807, 2.05) is 6.07 Å². The Bertz CT molecular complexity index is 880. The van der Waals surface area contributed by atoms with E-state index in [4.69, 9.17) is 4.74 Å². The first-order chi connectivity index (χ1) is 11.9. The molecule has 1 aliphatic carbocycles. The lowest BCUT2D eigenvalue weighted by Gasteiger charge is -2.27. The SMILES string of the molecule is c1ccc(COc2ccc3c(c2)c2c4n3CC[NH2+][C@@H]4CCC2)cc1. The van der Waals surface area contributed by atoms with E-state index in [1.165, 1.54) is 42.3 Å². The molecule has 0 fully saturated rings. The van der Waals surface area contributed by atoms with Gasteiger partial charge in [-0.2, -0.15) is 0 Å². The van der Waals surface area contributed by atoms with Gasteiger partial charge in [0.25, 0.3) is 0 Å². The third-order valence-corrected chi connectivity index (χ3v) is 5.53. The number of hydrogen-bond acceptors (Lipinski definition) is 1. The molecule has 0 saturated carbocycles. The maximum absolute atomic E-state index is 6.06. The second kappa shape index (κ2) is 5.67. The van der Waals surface area contributed by atoms with Crippen LogP contribution in [0, 0.1) is 0 Å². The average Bonchev–Trinajstić information content (AvgIpc) is 2.97. The monoisotopic (exact) mass is 319 g/mol. The summed E-state index contributed by atoms with van der Waals surface area (Å²) in [6.07, 6.45) is 3.84. The number of aromatic nitrogens is 1. The molecule has 0 spiro atoms. The minimum Gasteiger partial charge on any atom is -0.489 e. The Labute approximate surface area is 142 Å². The van der Waals surface area contributed by atoms with Crippen LogP contribution in [0.1, 0.15) is 35.7 Å². The summed E-state index contributed by atoms with van der Waals surface area (Å²) in [6.45, 7) is 2.96. The van der Waals surface area contributed by atoms with Crippen LogP contribution in [0.15, 0.2) is 48.5 Å². The van der Waals surface area contributed by atoms with E-state index in [9.17, 15) is 0 Å². The molecule has 1 aliphatic heterocycles. The quantitative estimate of drug-likeness (QED) is 0.790. The standard InChI is InChI=1S/C21H22N2O/c1-2-5-15(6-3-1)14-24-16-9-10-20-18(13-16)17-7-4-8-19-21(17)23(20)12-11-22-19/h1-3,5-6,9-10,13,19,22H,4,7-8,11-12,14H2/p+1/t19-/m1/s1. The van der Waals surface area contributed by atoms with Crippen LogP contribution in [0.2, 0.25) is 0 Å². The Morgan fingerprint density at radius 2 is 2.04 bits per heavy atom. The number of fused-ring (bicyclic) bond motifs is 3. The third kappa shape index (κ3) is 2.23. The molecule has 0 saturated heterocycles. The molecular weight excluding hydrogens is 296 g/mol. The molecule has 2 aliphatic rings. The van der Waals surface area contributed by atoms with E-state index < -0.39 is 0 Å². The van der Waals surface area contributed by atoms with Gasteiger partial charge >= 0.3 is 0 Å². The van der Waals surface area contributed by atoms with Crippen molar-refractivity contribution in [3.63, 3.8) is 0 Å². The number of aryl methyl sites for hydroxylation is 1. The number of hydrogen-bond donors (Lipinski definition) is 1. The predicted octanol–water partition coefficient (Wildman–Crippen LogP) is 3.17. The number of quaternary nitrogens is 1. The summed E-state index contributed by atoms with van der Waals surface area (Å²) in [7, 11) is 0. The highest BCUT2D eigenvalue weighted by atomic mass is 16.5. The molecule has 2 heterocycles. The van der Waals surface area contributed by atoms with Gasteiger partial charge in [0, 0.05) is 17.3 Å². The topological polar surface area (TPSA) is 30.8 Å². The Kier molecular flexibility index (Phi) is 3.34. The van der Waals surface area contributed by atoms with E-state index in [0.29, 0.717) is 12.6 Å². The Balaban J connectivity index is 1.52. The van der Waals surface area contributed by atoms with Crippen LogP contribution in [0.3, 0.4) is 0 Å². The lowest BCUT2D eigenvalue weighted by molar-refractivity contribution is -0.704. The van der Waals surface area contributed by atoms with Gasteiger partial charge in [0.2, 0.25) is 0 Å². The summed E-state index contributed by atoms with van der Waals surface area (Å²) in [5.74, 6) is 0.983. The zero-order valence-corrected chi connectivity index (χ0v) is 13.9. The second-order valence-electron chi connectivity index (χ2n) is 6.99. The average molecular weight is 319 g/mol. The van der Waals surface area contributed by atoms with Crippen molar-refractivity contribution in [2.24, 2.45) is 0 Å². The van der Waals surface area contributed by atoms with Crippen LogP contribution in [0.25, 0.3) is 10.9 Å². The molecule has 0 bridgehead atoms. The van der Waals surface area contributed by atoms with Gasteiger partial charge in [-0.15, -0.1) is 0 Å². The number of ether oxygens (including phenoxy) is 1. The van der Waals surface area contributed by atoms with Crippen LogP contribution in [-0.2, 0) is 19.6 Å². The van der Waals surface area contributed by atoms with Gasteiger partial charge in [0.15, 0.2) is 0 Å². The van der Waals surface area contributed by atoms with Crippen molar-refractivity contribution in [1.82, 2.24) is 4.57 Å². The summed E-state index contributed by atoms with van der Waals surface area (Å²) in [5, 5.41) is 3.94. The molecule has 2 aromatic carbocycles. The minimum absolute atomic E-state index is 0.631. The summed E-state index contributed by atoms with van der Waals surface area (Å²) < 4.78 is 8.62. The summed E-state index contributed by atoms with van der Waals surface area (Å²) in [6, 6.07) is 17.7. The van der Waals surface area contributed by atoms with Crippen LogP contribution < -0.4 is 10.1 Å². The zero-order chi connectivity index (χ0) is 15.9. The van der Waals surface area contributed by atoms with E-state index >= 15 is 0 Å². The smallest absolute Gasteiger partial charge is 0.127 e. The van der Waals surface area contributed by atoms with Crippen LogP contribution in [0.4, 0.5) is 0 Å². The Hall–Kier alpha value is -2.26. The molecule has 1 atom stereocenters. The summed E-state index contributed by atoms with van der Waals surface area (Å²) in [5.41, 5.74) is 5.77. The first-order valence-corrected chi connectivity index (χ1v) is 9.05. The van der Waals surface area contributed by atoms with Gasteiger partial charge in [0.05, 0.1) is 18.8 Å². The van der Waals surface area contributed by atoms with Gasteiger partial charge in [0.1, 0.15) is 18.4 Å². The number of rotatable bonds is 3. The molecule has 1 aromatic heterocycles. The second-order valence-corrected chi connectivity index (χ2v) is 6.99. The lowest BCUT2D eigenvalue weighted by atomic mass is 9.91. The molecule has 0 radical (unpaired) electrons. The van der Waals surface area contributed by atoms with E-state index in [0.717, 1.165) is 12.3 Å². The maximum atomic E-state index is 6.06. The fourth-order valence-corrected chi connectivity index (χ4v) is 4.45. The number of benzene rings is 2. The lowest BCUT2D eigenvalue weighted by Crippen LogP contribution is -2.88. The van der Waals surface area contributed by atoms with Crippen molar-refractivity contribution < 1.29 is 10.1 Å². The normalized spacial score (nSPS) is 19.2. The van der Waals surface area contributed by atoms with Gasteiger partial charge in [-0.25, -0.2) is 0 Å². The van der Waals surface area contributed by atoms with Crippen LogP contribution >= 0.6 is 0 Å². The fraction of sp³-hybridized carbons (Fsp3) is 0.333. The van der Waals surface area contributed by atoms with Gasteiger partial charge < -0.3 is 14.6 Å². The van der Waals surface area contributed by atoms with Crippen LogP contribution in [0.5, 0.6) is 5.75 Å². The highest BCUT2D eigenvalue weighted by Crippen LogP contribution is 2.38. The maximum Gasteiger partial charge on any atom is 0.127 e. The molecule has 24 heavy (non-hydrogen) atoms. The van der Waals surface area contributed by atoms with Crippen molar-refractivity contribution in [2.75, 3.05) is 6.54 Å². The van der Waals surface area contributed by atoms with Crippen molar-refractivity contribution in [3.05, 3.63) is 65.4 Å². The van der Waals surface area contributed by atoms with E-state index in [2.05, 4.69) is 52.3 Å². The molecule has 122 valence electrons. The summed E-state index contributed by atoms with van der Waals surface area (Å²) >= 11 is 0. The highest BCUT2D eigenvalue weighted by Gasteiger charge is 2.32. The largest absolute Gasteiger partial charge is 0.489 e. The Morgan fingerprint density at radius 1 is 1.12 bits per heavy atom. The molecule has 3 heteroatoms. The molecule has 5 rings (SSSR count). The molecule has 2 N–H and O–H groups in total. The summed E-state index contributed by atoms with van der Waals surface area (Å²) in [4.78, 5) is 0. The molecule has 0 amide bonds. The zero-order valence-electron chi connectivity index (χ0n) is 13.9. The van der Waals surface area contributed by atoms with Crippen molar-refractivity contribution in [1.29, 1.82) is 0 Å². The van der Waals surface area contributed by atoms with Gasteiger partial charge in [-0.05, 0) is 42.2 Å². The third-order valence-electron chi connectivity index (χ3n) is 5.53. The van der Waals surface area contributed by atoms with Crippen LogP contribution in [-0.4, -0.2) is 11.1 Å². The number of nitrogens with two attached hydrogens (primary N) is 1. The predicted molar refractivity (Wildman–Crippen MR) is 95.2 cm³/mol. The van der Waals surface area contributed by atoms with Crippen molar-refractivity contribution in [3.8, 4) is 5.75 Å². The van der Waals surface area contributed by atoms with Crippen molar-refractivity contribution in [2.45, 2.75) is 38.5 Å². The molecule has 0 unspecified atom stereocenters. The first-order valence-electron chi connectivity index (χ1n) is 9.05.